The zero-order valence-electron chi connectivity index (χ0n) is 8.98. The van der Waals surface area contributed by atoms with E-state index in [1.165, 1.54) is 5.57 Å². The molecule has 0 saturated carbocycles. The van der Waals surface area contributed by atoms with Crippen molar-refractivity contribution in [3.8, 4) is 0 Å². The van der Waals surface area contributed by atoms with Crippen molar-refractivity contribution >= 4 is 0 Å². The molecule has 0 saturated heterocycles. The zero-order chi connectivity index (χ0) is 9.97. The van der Waals surface area contributed by atoms with Crippen LogP contribution in [0.25, 0.3) is 0 Å². The lowest BCUT2D eigenvalue weighted by molar-refractivity contribution is 0.449. The molecule has 2 rings (SSSR count). The molecule has 0 aromatic rings. The zero-order valence-corrected chi connectivity index (χ0v) is 8.98. The van der Waals surface area contributed by atoms with Gasteiger partial charge in [-0.05, 0) is 25.2 Å². The maximum atomic E-state index is 2.37. The summed E-state index contributed by atoms with van der Waals surface area (Å²) in [6.45, 7) is 4.59. The molecule has 0 nitrogen and oxygen atoms in total. The van der Waals surface area contributed by atoms with E-state index >= 15 is 0 Å². The number of hydrogen-bond donors (Lipinski definition) is 0. The van der Waals surface area contributed by atoms with Crippen molar-refractivity contribution in [1.29, 1.82) is 0 Å². The quantitative estimate of drug-likeness (QED) is 0.503. The molecule has 3 unspecified atom stereocenters. The summed E-state index contributed by atoms with van der Waals surface area (Å²) < 4.78 is 0. The highest BCUT2D eigenvalue weighted by Crippen LogP contribution is 2.36. The van der Waals surface area contributed by atoms with Gasteiger partial charge < -0.3 is 0 Å². The molecule has 0 aromatic heterocycles. The Morgan fingerprint density at radius 1 is 1.14 bits per heavy atom. The third-order valence-corrected chi connectivity index (χ3v) is 3.37. The van der Waals surface area contributed by atoms with Gasteiger partial charge in [0.1, 0.15) is 0 Å². The highest BCUT2D eigenvalue weighted by molar-refractivity contribution is 5.26. The molecular weight excluding hydrogens is 168 g/mol. The number of hydrogen-bond acceptors (Lipinski definition) is 0. The van der Waals surface area contributed by atoms with Gasteiger partial charge in [0.25, 0.3) is 0 Å². The highest BCUT2D eigenvalue weighted by atomic mass is 14.3. The SMILES string of the molecule is C/C1=C/C=C\C/C=C\C2C=CC1C2C. The lowest BCUT2D eigenvalue weighted by Gasteiger charge is -2.20. The maximum Gasteiger partial charge on any atom is 0.00116 e. The molecule has 2 aliphatic carbocycles. The summed E-state index contributed by atoms with van der Waals surface area (Å²) in [6.07, 6.45) is 17.1. The van der Waals surface area contributed by atoms with Gasteiger partial charge in [0.15, 0.2) is 0 Å². The van der Waals surface area contributed by atoms with Gasteiger partial charge in [0.05, 0.1) is 0 Å². The minimum Gasteiger partial charge on any atom is -0.0841 e. The van der Waals surface area contributed by atoms with Crippen molar-refractivity contribution in [1.82, 2.24) is 0 Å². The topological polar surface area (TPSA) is 0 Å². The molecular formula is C14H18. The van der Waals surface area contributed by atoms with E-state index in [1.807, 2.05) is 0 Å². The van der Waals surface area contributed by atoms with Gasteiger partial charge in [0.2, 0.25) is 0 Å². The van der Waals surface area contributed by atoms with Gasteiger partial charge in [-0.3, -0.25) is 0 Å². The van der Waals surface area contributed by atoms with E-state index < -0.39 is 0 Å². The molecule has 0 radical (unpaired) electrons. The van der Waals surface area contributed by atoms with Crippen molar-refractivity contribution in [2.45, 2.75) is 20.3 Å². The number of allylic oxidation sites excluding steroid dienone is 8. The molecule has 2 bridgehead atoms. The molecule has 0 heteroatoms. The fourth-order valence-corrected chi connectivity index (χ4v) is 2.37. The Hall–Kier alpha value is -1.04. The Balaban J connectivity index is 2.31. The predicted octanol–water partition coefficient (Wildman–Crippen LogP) is 3.89. The first kappa shape index (κ1) is 9.51. The van der Waals surface area contributed by atoms with Gasteiger partial charge in [-0.25, -0.2) is 0 Å². The Morgan fingerprint density at radius 3 is 2.86 bits per heavy atom. The largest absolute Gasteiger partial charge is 0.0841 e. The Kier molecular flexibility index (Phi) is 2.72. The second-order valence-corrected chi connectivity index (χ2v) is 4.35. The summed E-state index contributed by atoms with van der Waals surface area (Å²) >= 11 is 0. The summed E-state index contributed by atoms with van der Waals surface area (Å²) in [5.41, 5.74) is 1.49. The Labute approximate surface area is 86.7 Å². The van der Waals surface area contributed by atoms with E-state index in [4.69, 9.17) is 0 Å². The van der Waals surface area contributed by atoms with E-state index in [1.54, 1.807) is 0 Å². The average molecular weight is 186 g/mol. The van der Waals surface area contributed by atoms with E-state index in [0.717, 1.165) is 12.3 Å². The van der Waals surface area contributed by atoms with Crippen molar-refractivity contribution in [2.75, 3.05) is 0 Å². The van der Waals surface area contributed by atoms with Crippen molar-refractivity contribution < 1.29 is 0 Å². The fraction of sp³-hybridized carbons (Fsp3) is 0.429. The van der Waals surface area contributed by atoms with E-state index in [-0.39, 0.29) is 0 Å². The van der Waals surface area contributed by atoms with Gasteiger partial charge >= 0.3 is 0 Å². The minimum atomic E-state index is 0.646. The average Bonchev–Trinajstić information content (AvgIpc) is 2.50. The van der Waals surface area contributed by atoms with Crippen LogP contribution in [0.5, 0.6) is 0 Å². The van der Waals surface area contributed by atoms with Crippen LogP contribution < -0.4 is 0 Å². The summed E-state index contributed by atoms with van der Waals surface area (Å²) in [5.74, 6) is 2.02. The molecule has 0 N–H and O–H groups in total. The molecule has 74 valence electrons. The molecule has 0 amide bonds. The van der Waals surface area contributed by atoms with Gasteiger partial charge in [-0.15, -0.1) is 0 Å². The molecule has 0 aliphatic heterocycles. The minimum absolute atomic E-state index is 0.646. The van der Waals surface area contributed by atoms with Crippen LogP contribution in [0.3, 0.4) is 0 Å². The van der Waals surface area contributed by atoms with Crippen LogP contribution in [0.4, 0.5) is 0 Å². The molecule has 2 aliphatic rings. The predicted molar refractivity (Wildman–Crippen MR) is 61.9 cm³/mol. The van der Waals surface area contributed by atoms with Gasteiger partial charge in [-0.1, -0.05) is 55.0 Å². The van der Waals surface area contributed by atoms with Crippen molar-refractivity contribution in [3.05, 3.63) is 48.1 Å². The first-order valence-corrected chi connectivity index (χ1v) is 5.47. The van der Waals surface area contributed by atoms with E-state index in [2.05, 4.69) is 56.4 Å². The monoisotopic (exact) mass is 186 g/mol. The lowest BCUT2D eigenvalue weighted by Crippen LogP contribution is -2.12. The first-order valence-electron chi connectivity index (χ1n) is 5.47. The molecule has 0 fully saturated rings. The van der Waals surface area contributed by atoms with Gasteiger partial charge in [0, 0.05) is 5.92 Å². The van der Waals surface area contributed by atoms with Crippen molar-refractivity contribution in [3.63, 3.8) is 0 Å². The number of rotatable bonds is 0. The van der Waals surface area contributed by atoms with Crippen LogP contribution in [-0.2, 0) is 0 Å². The number of fused-ring (bicyclic) bond motifs is 2. The molecule has 3 atom stereocenters. The molecule has 0 aromatic carbocycles. The first-order chi connectivity index (χ1) is 6.79. The Bertz CT molecular complexity index is 315. The third-order valence-electron chi connectivity index (χ3n) is 3.37. The van der Waals surface area contributed by atoms with Gasteiger partial charge in [-0.2, -0.15) is 0 Å². The third kappa shape index (κ3) is 1.75. The fourth-order valence-electron chi connectivity index (χ4n) is 2.37. The molecule has 14 heavy (non-hydrogen) atoms. The summed E-state index contributed by atoms with van der Waals surface area (Å²) in [6, 6.07) is 0. The van der Waals surface area contributed by atoms with Crippen LogP contribution in [0.1, 0.15) is 20.3 Å². The summed E-state index contributed by atoms with van der Waals surface area (Å²) in [7, 11) is 0. The smallest absolute Gasteiger partial charge is 0.00116 e. The maximum absolute atomic E-state index is 2.37. The second-order valence-electron chi connectivity index (χ2n) is 4.35. The van der Waals surface area contributed by atoms with E-state index in [0.29, 0.717) is 11.8 Å². The van der Waals surface area contributed by atoms with Crippen LogP contribution >= 0.6 is 0 Å². The van der Waals surface area contributed by atoms with Crippen molar-refractivity contribution in [2.24, 2.45) is 17.8 Å². The normalized spacial score (nSPS) is 44.1. The second kappa shape index (κ2) is 4.00. The van der Waals surface area contributed by atoms with Crippen LogP contribution in [0.2, 0.25) is 0 Å². The van der Waals surface area contributed by atoms with Crippen LogP contribution in [-0.4, -0.2) is 0 Å². The molecule has 0 heterocycles. The Morgan fingerprint density at radius 2 is 2.00 bits per heavy atom. The lowest BCUT2D eigenvalue weighted by atomic mass is 9.85. The van der Waals surface area contributed by atoms with Crippen LogP contribution in [0, 0.1) is 17.8 Å². The van der Waals surface area contributed by atoms with E-state index in [9.17, 15) is 0 Å². The highest BCUT2D eigenvalue weighted by Gasteiger charge is 2.26. The summed E-state index contributed by atoms with van der Waals surface area (Å²) in [5, 5.41) is 0. The molecule has 0 spiro atoms. The standard InChI is InChI=1S/C14H18/c1-11-7-5-3-4-6-8-13-9-10-14(11)12(13)2/h3,5-10,12-14H,4H2,1-2H3/b5-3-,8-6-,11-7-. The van der Waals surface area contributed by atoms with Crippen LogP contribution in [0.15, 0.2) is 48.1 Å². The summed E-state index contributed by atoms with van der Waals surface area (Å²) in [4.78, 5) is 0.